The minimum atomic E-state index is -4.64. The van der Waals surface area contributed by atoms with E-state index in [4.69, 9.17) is 0 Å². The van der Waals surface area contributed by atoms with Crippen LogP contribution >= 0.6 is 0 Å². The van der Waals surface area contributed by atoms with Gasteiger partial charge in [0.15, 0.2) is 0 Å². The molecule has 2 nitrogen and oxygen atoms in total. The van der Waals surface area contributed by atoms with E-state index in [0.717, 1.165) is 12.8 Å². The number of nitrogens with one attached hydrogen (secondary N) is 1. The van der Waals surface area contributed by atoms with Gasteiger partial charge in [-0.05, 0) is 18.9 Å². The van der Waals surface area contributed by atoms with Crippen molar-refractivity contribution < 1.29 is 17.9 Å². The molecule has 2 rings (SSSR count). The van der Waals surface area contributed by atoms with Gasteiger partial charge in [-0.2, -0.15) is 0 Å². The molecule has 0 heterocycles. The van der Waals surface area contributed by atoms with Gasteiger partial charge in [0.25, 0.3) is 0 Å². The highest BCUT2D eigenvalue weighted by Gasteiger charge is 2.31. The summed E-state index contributed by atoms with van der Waals surface area (Å²) in [6.45, 7) is 0.414. The minimum Gasteiger partial charge on any atom is -0.405 e. The first-order valence-corrected chi connectivity index (χ1v) is 7.11. The molecule has 0 radical (unpaired) electrons. The Morgan fingerprint density at radius 3 is 2.35 bits per heavy atom. The number of alkyl halides is 3. The van der Waals surface area contributed by atoms with E-state index in [0.29, 0.717) is 18.2 Å². The lowest BCUT2D eigenvalue weighted by atomic mass is 10.1. The molecule has 0 aliphatic heterocycles. The summed E-state index contributed by atoms with van der Waals surface area (Å²) in [5.74, 6) is -0.110. The van der Waals surface area contributed by atoms with Gasteiger partial charge in [0.05, 0.1) is 0 Å². The van der Waals surface area contributed by atoms with Crippen LogP contribution in [-0.2, 0) is 6.54 Å². The molecule has 0 saturated heterocycles. The fourth-order valence-corrected chi connectivity index (χ4v) is 2.61. The predicted molar refractivity (Wildman–Crippen MR) is 71.5 cm³/mol. The van der Waals surface area contributed by atoms with Crippen LogP contribution in [0.25, 0.3) is 0 Å². The molecule has 1 fully saturated rings. The molecule has 1 aromatic rings. The highest BCUT2D eigenvalue weighted by atomic mass is 19.4. The standard InChI is InChI=1S/C15H20F3NO/c16-15(17,18)20-14-10-6-5-7-12(14)11-19-13-8-3-1-2-4-9-13/h5-7,10,13,19H,1-4,8-9,11H2. The van der Waals surface area contributed by atoms with Gasteiger partial charge in [-0.3, -0.25) is 0 Å². The molecular weight excluding hydrogens is 267 g/mol. The van der Waals surface area contributed by atoms with Crippen molar-refractivity contribution in [2.24, 2.45) is 0 Å². The van der Waals surface area contributed by atoms with Gasteiger partial charge >= 0.3 is 6.36 Å². The Balaban J connectivity index is 1.94. The molecule has 0 bridgehead atoms. The van der Waals surface area contributed by atoms with Crippen LogP contribution in [0, 0.1) is 0 Å². The maximum Gasteiger partial charge on any atom is 0.573 e. The first-order chi connectivity index (χ1) is 9.54. The normalized spacial score (nSPS) is 17.8. The van der Waals surface area contributed by atoms with Gasteiger partial charge < -0.3 is 10.1 Å². The number of hydrogen-bond acceptors (Lipinski definition) is 2. The lowest BCUT2D eigenvalue weighted by molar-refractivity contribution is -0.274. The summed E-state index contributed by atoms with van der Waals surface area (Å²) in [6.07, 6.45) is 2.46. The Labute approximate surface area is 117 Å². The second kappa shape index (κ2) is 6.97. The Morgan fingerprint density at radius 1 is 1.05 bits per heavy atom. The number of rotatable bonds is 4. The third kappa shape index (κ3) is 5.04. The molecule has 0 amide bonds. The molecule has 1 N–H and O–H groups in total. The summed E-state index contributed by atoms with van der Waals surface area (Å²) in [5, 5.41) is 3.36. The van der Waals surface area contributed by atoms with E-state index in [1.165, 1.54) is 31.7 Å². The van der Waals surface area contributed by atoms with Crippen LogP contribution in [0.1, 0.15) is 44.1 Å². The van der Waals surface area contributed by atoms with E-state index in [1.54, 1.807) is 18.2 Å². The maximum absolute atomic E-state index is 12.3. The number of benzene rings is 1. The average Bonchev–Trinajstić information content (AvgIpc) is 2.64. The van der Waals surface area contributed by atoms with Gasteiger partial charge in [0.2, 0.25) is 0 Å². The number of para-hydroxylation sites is 1. The van der Waals surface area contributed by atoms with E-state index >= 15 is 0 Å². The highest BCUT2D eigenvalue weighted by Crippen LogP contribution is 2.26. The summed E-state index contributed by atoms with van der Waals surface area (Å²) < 4.78 is 41.0. The van der Waals surface area contributed by atoms with Gasteiger partial charge in [-0.25, -0.2) is 0 Å². The van der Waals surface area contributed by atoms with Crippen molar-refractivity contribution in [2.75, 3.05) is 0 Å². The van der Waals surface area contributed by atoms with E-state index in [1.807, 2.05) is 0 Å². The smallest absolute Gasteiger partial charge is 0.405 e. The molecule has 5 heteroatoms. The number of ether oxygens (including phenoxy) is 1. The zero-order valence-corrected chi connectivity index (χ0v) is 11.4. The molecule has 0 atom stereocenters. The van der Waals surface area contributed by atoms with Crippen molar-refractivity contribution in [3.05, 3.63) is 29.8 Å². The molecule has 1 aliphatic carbocycles. The molecule has 1 aliphatic rings. The van der Waals surface area contributed by atoms with Crippen LogP contribution < -0.4 is 10.1 Å². The SMILES string of the molecule is FC(F)(F)Oc1ccccc1CNC1CCCCCC1. The Hall–Kier alpha value is -1.23. The zero-order chi connectivity index (χ0) is 14.4. The second-order valence-corrected chi connectivity index (χ2v) is 5.22. The van der Waals surface area contributed by atoms with Crippen molar-refractivity contribution in [1.82, 2.24) is 5.32 Å². The fraction of sp³-hybridized carbons (Fsp3) is 0.600. The predicted octanol–water partition coefficient (Wildman–Crippen LogP) is 4.40. The Kier molecular flexibility index (Phi) is 5.29. The van der Waals surface area contributed by atoms with Crippen LogP contribution in [-0.4, -0.2) is 12.4 Å². The first kappa shape index (κ1) is 15.2. The summed E-state index contributed by atoms with van der Waals surface area (Å²) in [6, 6.07) is 6.71. The van der Waals surface area contributed by atoms with Crippen molar-refractivity contribution in [1.29, 1.82) is 0 Å². The van der Waals surface area contributed by atoms with Crippen LogP contribution in [0.2, 0.25) is 0 Å². The average molecular weight is 287 g/mol. The van der Waals surface area contributed by atoms with Crippen molar-refractivity contribution in [2.45, 2.75) is 57.5 Å². The molecule has 20 heavy (non-hydrogen) atoms. The molecule has 1 aromatic carbocycles. The van der Waals surface area contributed by atoms with Crippen LogP contribution in [0.3, 0.4) is 0 Å². The van der Waals surface area contributed by atoms with Gasteiger partial charge in [0, 0.05) is 18.2 Å². The van der Waals surface area contributed by atoms with Crippen LogP contribution in [0.5, 0.6) is 5.75 Å². The molecule has 0 spiro atoms. The summed E-state index contributed by atoms with van der Waals surface area (Å²) in [7, 11) is 0. The third-order valence-electron chi connectivity index (χ3n) is 3.63. The largest absolute Gasteiger partial charge is 0.573 e. The summed E-state index contributed by atoms with van der Waals surface area (Å²) >= 11 is 0. The zero-order valence-electron chi connectivity index (χ0n) is 11.4. The van der Waals surface area contributed by atoms with Crippen molar-refractivity contribution >= 4 is 0 Å². The van der Waals surface area contributed by atoms with E-state index in [-0.39, 0.29) is 5.75 Å². The highest BCUT2D eigenvalue weighted by molar-refractivity contribution is 5.33. The maximum atomic E-state index is 12.3. The molecule has 0 aromatic heterocycles. The van der Waals surface area contributed by atoms with Gasteiger partial charge in [-0.1, -0.05) is 43.9 Å². The van der Waals surface area contributed by atoms with E-state index in [2.05, 4.69) is 10.1 Å². The fourth-order valence-electron chi connectivity index (χ4n) is 2.61. The number of halogens is 3. The first-order valence-electron chi connectivity index (χ1n) is 7.11. The minimum absolute atomic E-state index is 0.110. The lowest BCUT2D eigenvalue weighted by Gasteiger charge is -2.18. The third-order valence-corrected chi connectivity index (χ3v) is 3.63. The van der Waals surface area contributed by atoms with Gasteiger partial charge in [-0.15, -0.1) is 13.2 Å². The molecular formula is C15H20F3NO. The van der Waals surface area contributed by atoms with E-state index in [9.17, 15) is 13.2 Å². The van der Waals surface area contributed by atoms with Crippen LogP contribution in [0.15, 0.2) is 24.3 Å². The molecule has 0 unspecified atom stereocenters. The van der Waals surface area contributed by atoms with Crippen molar-refractivity contribution in [3.8, 4) is 5.75 Å². The topological polar surface area (TPSA) is 21.3 Å². The van der Waals surface area contributed by atoms with Crippen molar-refractivity contribution in [3.63, 3.8) is 0 Å². The number of hydrogen-bond donors (Lipinski definition) is 1. The Bertz CT molecular complexity index is 412. The quantitative estimate of drug-likeness (QED) is 0.829. The monoisotopic (exact) mass is 287 g/mol. The van der Waals surface area contributed by atoms with E-state index < -0.39 is 6.36 Å². The summed E-state index contributed by atoms with van der Waals surface area (Å²) in [4.78, 5) is 0. The molecule has 112 valence electrons. The van der Waals surface area contributed by atoms with Gasteiger partial charge in [0.1, 0.15) is 5.75 Å². The second-order valence-electron chi connectivity index (χ2n) is 5.22. The molecule has 1 saturated carbocycles. The lowest BCUT2D eigenvalue weighted by Crippen LogP contribution is -2.28. The van der Waals surface area contributed by atoms with Crippen LogP contribution in [0.4, 0.5) is 13.2 Å². The Morgan fingerprint density at radius 2 is 1.70 bits per heavy atom. The summed E-state index contributed by atoms with van der Waals surface area (Å²) in [5.41, 5.74) is 0.550.